The molecule has 0 amide bonds. The van der Waals surface area contributed by atoms with Crippen LogP contribution in [0.1, 0.15) is 79.7 Å². The lowest BCUT2D eigenvalue weighted by Crippen LogP contribution is -2.31. The Morgan fingerprint density at radius 1 is 1.03 bits per heavy atom. The Bertz CT molecular complexity index is 1560. The van der Waals surface area contributed by atoms with E-state index in [-0.39, 0.29) is 5.41 Å². The Hall–Kier alpha value is -2.59. The van der Waals surface area contributed by atoms with Gasteiger partial charge in [-0.1, -0.05) is 91.7 Å². The fourth-order valence-electron chi connectivity index (χ4n) is 6.91. The summed E-state index contributed by atoms with van der Waals surface area (Å²) in [5.41, 5.74) is 6.50. The van der Waals surface area contributed by atoms with Gasteiger partial charge in [0.2, 0.25) is 0 Å². The van der Waals surface area contributed by atoms with Crippen LogP contribution in [0.5, 0.6) is 0 Å². The summed E-state index contributed by atoms with van der Waals surface area (Å²) in [4.78, 5) is 4.78. The lowest BCUT2D eigenvalue weighted by Gasteiger charge is -2.38. The normalized spacial score (nSPS) is 24.7. The van der Waals surface area contributed by atoms with Crippen molar-refractivity contribution in [3.05, 3.63) is 112 Å². The van der Waals surface area contributed by atoms with Crippen molar-refractivity contribution in [2.75, 3.05) is 5.75 Å². The van der Waals surface area contributed by atoms with Crippen LogP contribution < -0.4 is 0 Å². The van der Waals surface area contributed by atoms with Crippen molar-refractivity contribution in [2.24, 2.45) is 5.41 Å². The third-order valence-corrected chi connectivity index (χ3v) is 10.7. The molecule has 0 radical (unpaired) electrons. The number of fused-ring (bicyclic) bond motifs is 2. The number of nitrogens with zero attached hydrogens (tertiary/aromatic N) is 1. The molecule has 3 atom stereocenters. The molecular formula is C35H36ClNOS. The Kier molecular flexibility index (Phi) is 6.90. The molecule has 4 heteroatoms. The summed E-state index contributed by atoms with van der Waals surface area (Å²) in [7, 11) is 0. The molecule has 1 aliphatic carbocycles. The van der Waals surface area contributed by atoms with Crippen molar-refractivity contribution in [2.45, 2.75) is 62.7 Å². The first-order valence-electron chi connectivity index (χ1n) is 14.0. The van der Waals surface area contributed by atoms with Crippen molar-refractivity contribution >= 4 is 46.4 Å². The second kappa shape index (κ2) is 10.1. The second-order valence-electron chi connectivity index (χ2n) is 12.0. The Balaban J connectivity index is 1.29. The first-order chi connectivity index (χ1) is 18.7. The minimum absolute atomic E-state index is 0.137. The quantitative estimate of drug-likeness (QED) is 0.247. The van der Waals surface area contributed by atoms with Gasteiger partial charge in [-0.15, -0.1) is 0 Å². The molecule has 1 aliphatic heterocycles. The van der Waals surface area contributed by atoms with Gasteiger partial charge < -0.3 is 5.11 Å². The van der Waals surface area contributed by atoms with Crippen LogP contribution in [-0.2, 0) is 11.0 Å². The van der Waals surface area contributed by atoms with E-state index in [9.17, 15) is 5.11 Å². The van der Waals surface area contributed by atoms with Gasteiger partial charge in [0.05, 0.1) is 16.8 Å². The average Bonchev–Trinajstić information content (AvgIpc) is 3.60. The molecule has 3 unspecified atom stereocenters. The van der Waals surface area contributed by atoms with Gasteiger partial charge >= 0.3 is 0 Å². The fraction of sp³-hybridized carbons (Fsp3) is 0.343. The van der Waals surface area contributed by atoms with Crippen molar-refractivity contribution in [3.8, 4) is 0 Å². The van der Waals surface area contributed by atoms with Gasteiger partial charge in [-0.25, -0.2) is 4.98 Å². The summed E-state index contributed by atoms with van der Waals surface area (Å²) in [5.74, 6) is 1.18. The van der Waals surface area contributed by atoms with E-state index in [4.69, 9.17) is 16.6 Å². The number of aromatic nitrogens is 1. The molecule has 1 saturated heterocycles. The smallest absolute Gasteiger partial charge is 0.0843 e. The molecule has 1 aromatic heterocycles. The van der Waals surface area contributed by atoms with E-state index < -0.39 is 5.60 Å². The molecule has 2 heterocycles. The molecule has 4 aromatic rings. The number of rotatable bonds is 7. The number of hydrogen-bond acceptors (Lipinski definition) is 3. The third kappa shape index (κ3) is 4.94. The number of thioether (sulfide) groups is 1. The van der Waals surface area contributed by atoms with Gasteiger partial charge in [0.25, 0.3) is 0 Å². The second-order valence-corrected chi connectivity index (χ2v) is 13.6. The molecule has 0 spiro atoms. The highest BCUT2D eigenvalue weighted by molar-refractivity contribution is 7.99. The first kappa shape index (κ1) is 26.6. The van der Waals surface area contributed by atoms with Gasteiger partial charge in [0.15, 0.2) is 0 Å². The topological polar surface area (TPSA) is 33.1 Å². The van der Waals surface area contributed by atoms with E-state index in [2.05, 4.69) is 91.5 Å². The van der Waals surface area contributed by atoms with Crippen molar-refractivity contribution < 1.29 is 5.11 Å². The van der Waals surface area contributed by atoms with Gasteiger partial charge in [-0.3, -0.25) is 0 Å². The van der Waals surface area contributed by atoms with Gasteiger partial charge in [-0.2, -0.15) is 11.8 Å². The first-order valence-corrected chi connectivity index (χ1v) is 15.4. The van der Waals surface area contributed by atoms with E-state index in [1.165, 1.54) is 41.7 Å². The summed E-state index contributed by atoms with van der Waals surface area (Å²) in [6, 6.07) is 27.6. The van der Waals surface area contributed by atoms with E-state index in [1.807, 2.05) is 32.0 Å². The summed E-state index contributed by atoms with van der Waals surface area (Å²) in [6.07, 6.45) is 9.04. The molecule has 1 saturated carbocycles. The molecule has 1 N–H and O–H groups in total. The molecule has 2 fully saturated rings. The highest BCUT2D eigenvalue weighted by atomic mass is 35.5. The van der Waals surface area contributed by atoms with Crippen molar-refractivity contribution in [1.82, 2.24) is 4.98 Å². The summed E-state index contributed by atoms with van der Waals surface area (Å²) < 4.78 is 0. The summed E-state index contributed by atoms with van der Waals surface area (Å²) in [6.45, 7) is 6.16. The van der Waals surface area contributed by atoms with E-state index in [1.54, 1.807) is 0 Å². The zero-order chi connectivity index (χ0) is 27.3. The van der Waals surface area contributed by atoms with Crippen LogP contribution in [-0.4, -0.2) is 15.8 Å². The van der Waals surface area contributed by atoms with Crippen LogP contribution in [0.15, 0.2) is 78.9 Å². The lowest BCUT2D eigenvalue weighted by atomic mass is 9.75. The monoisotopic (exact) mass is 553 g/mol. The highest BCUT2D eigenvalue weighted by Gasteiger charge is 2.69. The highest BCUT2D eigenvalue weighted by Crippen LogP contribution is 2.76. The number of benzene rings is 3. The zero-order valence-corrected chi connectivity index (χ0v) is 24.5. The van der Waals surface area contributed by atoms with Crippen LogP contribution in [0, 0.1) is 5.41 Å². The SMILES string of the molecule is CCCC12CSC(c3cccc(/C=C/c4ccc5ccc(Cl)cc5n4)c3)CC1(c1ccccc1C(C)(C)O)C2. The zero-order valence-electron chi connectivity index (χ0n) is 23.0. The summed E-state index contributed by atoms with van der Waals surface area (Å²) in [5, 5.41) is 13.3. The lowest BCUT2D eigenvalue weighted by molar-refractivity contribution is 0.0765. The van der Waals surface area contributed by atoms with Crippen LogP contribution in [0.3, 0.4) is 0 Å². The third-order valence-electron chi connectivity index (χ3n) is 8.86. The molecule has 3 aromatic carbocycles. The number of hydrogen-bond donors (Lipinski definition) is 1. The minimum Gasteiger partial charge on any atom is -0.386 e. The number of aliphatic hydroxyl groups is 1. The number of pyridine rings is 1. The molecule has 2 nitrogen and oxygen atoms in total. The standard InChI is InChI=1S/C35H36ClNOS/c1-4-18-34-22-35(34,30-11-6-5-10-29(30)33(2,3)38)21-32(39-23-34)26-9-7-8-24(19-26)12-16-28-17-14-25-13-15-27(36)20-31(25)37-28/h5-17,19-20,32,38H,4,18,21-23H2,1-3H3/b16-12+. The molecule has 0 bridgehead atoms. The van der Waals surface area contributed by atoms with E-state index >= 15 is 0 Å². The molecule has 6 rings (SSSR count). The minimum atomic E-state index is -0.848. The maximum absolute atomic E-state index is 11.1. The predicted molar refractivity (Wildman–Crippen MR) is 167 cm³/mol. The maximum Gasteiger partial charge on any atom is 0.0843 e. The average molecular weight is 554 g/mol. The maximum atomic E-state index is 11.1. The Morgan fingerprint density at radius 2 is 1.85 bits per heavy atom. The number of halogens is 1. The Morgan fingerprint density at radius 3 is 2.67 bits per heavy atom. The molecular weight excluding hydrogens is 518 g/mol. The van der Waals surface area contributed by atoms with Gasteiger partial charge in [0.1, 0.15) is 0 Å². The summed E-state index contributed by atoms with van der Waals surface area (Å²) >= 11 is 8.31. The fourth-order valence-corrected chi connectivity index (χ4v) is 8.86. The van der Waals surface area contributed by atoms with Crippen LogP contribution in [0.25, 0.3) is 23.1 Å². The molecule has 200 valence electrons. The van der Waals surface area contributed by atoms with Crippen LogP contribution in [0.4, 0.5) is 0 Å². The van der Waals surface area contributed by atoms with Gasteiger partial charge in [0, 0.05) is 26.8 Å². The largest absolute Gasteiger partial charge is 0.386 e. The van der Waals surface area contributed by atoms with Crippen molar-refractivity contribution in [1.29, 1.82) is 0 Å². The van der Waals surface area contributed by atoms with Crippen LogP contribution in [0.2, 0.25) is 5.02 Å². The molecule has 2 aliphatic rings. The predicted octanol–water partition coefficient (Wildman–Crippen LogP) is 9.59. The van der Waals surface area contributed by atoms with E-state index in [0.717, 1.165) is 28.6 Å². The van der Waals surface area contributed by atoms with Crippen molar-refractivity contribution in [3.63, 3.8) is 0 Å². The molecule has 39 heavy (non-hydrogen) atoms. The van der Waals surface area contributed by atoms with Gasteiger partial charge in [-0.05, 0) is 85.1 Å². The van der Waals surface area contributed by atoms with Crippen LogP contribution >= 0.6 is 23.4 Å². The Labute approximate surface area is 241 Å². The van der Waals surface area contributed by atoms with E-state index in [0.29, 0.717) is 15.7 Å².